The first-order chi connectivity index (χ1) is 10.1. The van der Waals surface area contributed by atoms with Gasteiger partial charge >= 0.3 is 0 Å². The van der Waals surface area contributed by atoms with Gasteiger partial charge in [-0.2, -0.15) is 0 Å². The molecule has 3 rings (SSSR count). The van der Waals surface area contributed by atoms with Gasteiger partial charge in [0.2, 0.25) is 0 Å². The first kappa shape index (κ1) is 13.9. The maximum atomic E-state index is 2.39. The molecule has 0 bridgehead atoms. The van der Waals surface area contributed by atoms with Crippen molar-refractivity contribution in [1.29, 1.82) is 0 Å². The molecule has 0 radical (unpaired) electrons. The van der Waals surface area contributed by atoms with Gasteiger partial charge in [-0.15, -0.1) is 0 Å². The Hall–Kier alpha value is -2.02. The Morgan fingerprint density at radius 2 is 1.62 bits per heavy atom. The molecule has 2 aromatic carbocycles. The van der Waals surface area contributed by atoms with E-state index < -0.39 is 0 Å². The van der Waals surface area contributed by atoms with Crippen LogP contribution < -0.4 is 0 Å². The minimum absolute atomic E-state index is 1.15. The third-order valence-electron chi connectivity index (χ3n) is 4.42. The highest BCUT2D eigenvalue weighted by atomic mass is 15.0. The lowest BCUT2D eigenvalue weighted by atomic mass is 10.1. The highest BCUT2D eigenvalue weighted by Gasteiger charge is 2.12. The summed E-state index contributed by atoms with van der Waals surface area (Å²) >= 11 is 0. The summed E-state index contributed by atoms with van der Waals surface area (Å²) in [5, 5.41) is 1.37. The van der Waals surface area contributed by atoms with Crippen molar-refractivity contribution in [1.82, 2.24) is 4.57 Å². The average molecular weight is 277 g/mol. The van der Waals surface area contributed by atoms with E-state index in [1.54, 1.807) is 0 Å². The summed E-state index contributed by atoms with van der Waals surface area (Å²) in [5.41, 5.74) is 8.04. The van der Waals surface area contributed by atoms with E-state index in [1.807, 2.05) is 0 Å². The Bertz CT molecular complexity index is 776. The van der Waals surface area contributed by atoms with Gasteiger partial charge in [-0.05, 0) is 56.5 Å². The first-order valence-electron chi connectivity index (χ1n) is 7.79. The summed E-state index contributed by atoms with van der Waals surface area (Å²) < 4.78 is 2.39. The van der Waals surface area contributed by atoms with Crippen LogP contribution in [-0.4, -0.2) is 4.57 Å². The van der Waals surface area contributed by atoms with E-state index >= 15 is 0 Å². The monoisotopic (exact) mass is 277 g/mol. The van der Waals surface area contributed by atoms with Gasteiger partial charge in [-0.1, -0.05) is 43.2 Å². The zero-order chi connectivity index (χ0) is 15.0. The molecule has 0 amide bonds. The van der Waals surface area contributed by atoms with Crippen LogP contribution >= 0.6 is 0 Å². The molecule has 1 heterocycles. The highest BCUT2D eigenvalue weighted by molar-refractivity contribution is 5.87. The van der Waals surface area contributed by atoms with Gasteiger partial charge in [0.1, 0.15) is 0 Å². The second-order valence-corrected chi connectivity index (χ2v) is 5.98. The van der Waals surface area contributed by atoms with Crippen LogP contribution in [0.3, 0.4) is 0 Å². The van der Waals surface area contributed by atoms with Crippen LogP contribution in [0, 0.1) is 20.8 Å². The van der Waals surface area contributed by atoms with Gasteiger partial charge < -0.3 is 4.57 Å². The van der Waals surface area contributed by atoms with Gasteiger partial charge in [0, 0.05) is 16.8 Å². The Balaban J connectivity index is 2.27. The van der Waals surface area contributed by atoms with Crippen LogP contribution in [-0.2, 0) is 6.42 Å². The molecule has 0 aliphatic rings. The first-order valence-corrected chi connectivity index (χ1v) is 7.79. The van der Waals surface area contributed by atoms with Crippen molar-refractivity contribution >= 4 is 10.9 Å². The Morgan fingerprint density at radius 1 is 0.905 bits per heavy atom. The van der Waals surface area contributed by atoms with Gasteiger partial charge in [0.05, 0.1) is 5.52 Å². The lowest BCUT2D eigenvalue weighted by molar-refractivity contribution is 0.922. The van der Waals surface area contributed by atoms with Crippen molar-refractivity contribution in [3.05, 3.63) is 64.8 Å². The zero-order valence-corrected chi connectivity index (χ0v) is 13.4. The topological polar surface area (TPSA) is 4.93 Å². The van der Waals surface area contributed by atoms with E-state index in [4.69, 9.17) is 0 Å². The van der Waals surface area contributed by atoms with Gasteiger partial charge in [-0.3, -0.25) is 0 Å². The van der Waals surface area contributed by atoms with E-state index in [-0.39, 0.29) is 0 Å². The number of aromatic nitrogens is 1. The molecule has 0 atom stereocenters. The summed E-state index contributed by atoms with van der Waals surface area (Å²) in [6.07, 6.45) is 2.34. The van der Waals surface area contributed by atoms with Crippen molar-refractivity contribution in [3.63, 3.8) is 0 Å². The van der Waals surface area contributed by atoms with Crippen LogP contribution in [0.1, 0.15) is 35.7 Å². The maximum Gasteiger partial charge on any atom is 0.0536 e. The second kappa shape index (κ2) is 5.40. The number of fused-ring (bicyclic) bond motifs is 1. The fourth-order valence-electron chi connectivity index (χ4n) is 3.09. The van der Waals surface area contributed by atoms with Crippen LogP contribution in [0.5, 0.6) is 0 Å². The summed E-state index contributed by atoms with van der Waals surface area (Å²) in [4.78, 5) is 0. The number of aryl methyl sites for hydroxylation is 3. The van der Waals surface area contributed by atoms with Crippen LogP contribution in [0.15, 0.2) is 42.5 Å². The lowest BCUT2D eigenvalue weighted by Crippen LogP contribution is -1.97. The number of hydrogen-bond donors (Lipinski definition) is 0. The Kier molecular flexibility index (Phi) is 3.59. The normalized spacial score (nSPS) is 11.2. The van der Waals surface area contributed by atoms with E-state index in [1.165, 1.54) is 45.4 Å². The summed E-state index contributed by atoms with van der Waals surface area (Å²) in [6, 6.07) is 15.7. The number of hydrogen-bond acceptors (Lipinski definition) is 0. The molecule has 0 fully saturated rings. The second-order valence-electron chi connectivity index (χ2n) is 5.98. The Morgan fingerprint density at radius 3 is 2.29 bits per heavy atom. The van der Waals surface area contributed by atoms with E-state index in [0.717, 1.165) is 6.42 Å². The Labute approximate surface area is 127 Å². The van der Waals surface area contributed by atoms with E-state index in [0.29, 0.717) is 0 Å². The van der Waals surface area contributed by atoms with E-state index in [2.05, 4.69) is 74.7 Å². The van der Waals surface area contributed by atoms with Crippen LogP contribution in [0.25, 0.3) is 16.6 Å². The maximum absolute atomic E-state index is 2.39. The molecular weight excluding hydrogens is 254 g/mol. The van der Waals surface area contributed by atoms with Crippen LogP contribution in [0.4, 0.5) is 0 Å². The van der Waals surface area contributed by atoms with Crippen molar-refractivity contribution < 1.29 is 0 Å². The minimum Gasteiger partial charge on any atom is -0.314 e. The summed E-state index contributed by atoms with van der Waals surface area (Å²) in [6.45, 7) is 8.81. The van der Waals surface area contributed by atoms with Crippen molar-refractivity contribution in [2.24, 2.45) is 0 Å². The molecule has 0 saturated carbocycles. The summed E-state index contributed by atoms with van der Waals surface area (Å²) in [5.74, 6) is 0. The predicted octanol–water partition coefficient (Wildman–Crippen LogP) is 5.51. The molecule has 0 aliphatic heterocycles. The molecule has 0 aliphatic carbocycles. The number of benzene rings is 2. The third-order valence-corrected chi connectivity index (χ3v) is 4.42. The molecule has 1 heteroatoms. The fourth-order valence-corrected chi connectivity index (χ4v) is 3.09. The largest absolute Gasteiger partial charge is 0.314 e. The molecular formula is C20H23N. The molecule has 1 aromatic heterocycles. The molecule has 0 N–H and O–H groups in total. The standard InChI is InChI=1S/C20H23N/c1-5-6-17-9-12-19-15(3)16(4)21(20(19)13-17)18-10-7-14(2)8-11-18/h7-13H,5-6H2,1-4H3. The van der Waals surface area contributed by atoms with E-state index in [9.17, 15) is 0 Å². The number of nitrogens with zero attached hydrogens (tertiary/aromatic N) is 1. The van der Waals surface area contributed by atoms with Gasteiger partial charge in [0.15, 0.2) is 0 Å². The van der Waals surface area contributed by atoms with Crippen molar-refractivity contribution in [3.8, 4) is 5.69 Å². The average Bonchev–Trinajstić information content (AvgIpc) is 2.72. The van der Waals surface area contributed by atoms with Crippen molar-refractivity contribution in [2.45, 2.75) is 40.5 Å². The highest BCUT2D eigenvalue weighted by Crippen LogP contribution is 2.29. The fraction of sp³-hybridized carbons (Fsp3) is 0.300. The van der Waals surface area contributed by atoms with Gasteiger partial charge in [0.25, 0.3) is 0 Å². The molecule has 0 saturated heterocycles. The third kappa shape index (κ3) is 2.37. The van der Waals surface area contributed by atoms with Gasteiger partial charge in [-0.25, -0.2) is 0 Å². The predicted molar refractivity (Wildman–Crippen MR) is 91.5 cm³/mol. The summed E-state index contributed by atoms with van der Waals surface area (Å²) in [7, 11) is 0. The van der Waals surface area contributed by atoms with Crippen molar-refractivity contribution in [2.75, 3.05) is 0 Å². The smallest absolute Gasteiger partial charge is 0.0536 e. The van der Waals surface area contributed by atoms with Crippen LogP contribution in [0.2, 0.25) is 0 Å². The molecule has 0 unspecified atom stereocenters. The quantitative estimate of drug-likeness (QED) is 0.595. The zero-order valence-electron chi connectivity index (χ0n) is 13.4. The molecule has 0 spiro atoms. The SMILES string of the molecule is CCCc1ccc2c(C)c(C)n(-c3ccc(C)cc3)c2c1. The molecule has 21 heavy (non-hydrogen) atoms. The number of rotatable bonds is 3. The molecule has 1 nitrogen and oxygen atoms in total. The molecule has 3 aromatic rings. The molecule has 108 valence electrons. The lowest BCUT2D eigenvalue weighted by Gasteiger charge is -2.10. The minimum atomic E-state index is 1.15.